The van der Waals surface area contributed by atoms with Crippen molar-refractivity contribution in [1.82, 2.24) is 29.8 Å². The summed E-state index contributed by atoms with van der Waals surface area (Å²) in [4.78, 5) is 15.6. The zero-order valence-corrected chi connectivity index (χ0v) is 24.0. The van der Waals surface area contributed by atoms with Gasteiger partial charge in [0.1, 0.15) is 10.7 Å². The second kappa shape index (κ2) is 13.4. The number of aromatic nitrogens is 4. The summed E-state index contributed by atoms with van der Waals surface area (Å²) in [5.74, 6) is -1.84. The molecule has 1 aliphatic rings. The topological polar surface area (TPSA) is 98.5 Å². The summed E-state index contributed by atoms with van der Waals surface area (Å²) in [7, 11) is 3.24. The fraction of sp³-hybridized carbons (Fsp3) is 0.345. The molecule has 2 aromatic heterocycles. The number of halogens is 3. The van der Waals surface area contributed by atoms with Crippen LogP contribution in [0.2, 0.25) is 5.02 Å². The number of rotatable bonds is 11. The molecule has 0 aliphatic carbocycles. The van der Waals surface area contributed by atoms with E-state index in [1.54, 1.807) is 35.8 Å². The first-order chi connectivity index (χ1) is 20.4. The summed E-state index contributed by atoms with van der Waals surface area (Å²) in [5.41, 5.74) is 2.42. The molecule has 3 heterocycles. The van der Waals surface area contributed by atoms with Crippen molar-refractivity contribution in [2.75, 3.05) is 52.4 Å². The molecule has 2 atom stereocenters. The van der Waals surface area contributed by atoms with Crippen molar-refractivity contribution in [3.8, 4) is 16.9 Å². The molecule has 2 unspecified atom stereocenters. The number of urea groups is 1. The number of carbonyl (C=O) groups is 1. The number of nitrogens with one attached hydrogen (secondary N) is 2. The molecule has 4 aromatic rings. The predicted octanol–water partition coefficient (Wildman–Crippen LogP) is 4.55. The number of amides is 2. The van der Waals surface area contributed by atoms with Crippen LogP contribution < -0.4 is 10.6 Å². The molecule has 0 spiro atoms. The minimum absolute atomic E-state index is 0.241. The second-order valence-electron chi connectivity index (χ2n) is 9.98. The Bertz CT molecular complexity index is 1510. The third-order valence-electron chi connectivity index (χ3n) is 7.19. The number of para-hydroxylation sites is 1. The van der Waals surface area contributed by atoms with E-state index in [1.807, 2.05) is 36.5 Å². The molecule has 0 saturated carbocycles. The molecule has 0 radical (unpaired) electrons. The molecule has 2 N–H and O–H groups in total. The van der Waals surface area contributed by atoms with Crippen molar-refractivity contribution in [2.24, 2.45) is 0 Å². The maximum Gasteiger partial charge on any atom is 0.320 e. The molecule has 2 aromatic carbocycles. The maximum atomic E-state index is 14.1. The largest absolute Gasteiger partial charge is 0.383 e. The molecule has 222 valence electrons. The average molecular weight is 600 g/mol. The summed E-state index contributed by atoms with van der Waals surface area (Å²) < 4.78 is 41.4. The molecule has 1 fully saturated rings. The highest BCUT2D eigenvalue weighted by molar-refractivity contribution is 6.36. The Morgan fingerprint density at radius 3 is 2.55 bits per heavy atom. The number of likely N-dealkylation sites (tertiary alicyclic amines) is 1. The van der Waals surface area contributed by atoms with E-state index in [1.165, 1.54) is 6.07 Å². The van der Waals surface area contributed by atoms with Gasteiger partial charge in [-0.2, -0.15) is 10.2 Å². The van der Waals surface area contributed by atoms with Gasteiger partial charge in [-0.05, 0) is 29.8 Å². The average Bonchev–Trinajstić information content (AvgIpc) is 3.70. The SMILES string of the molecule is COCCN1CC(NC(=O)Nc2c(Cl)c(-c3cnn(CCOC)c3)nn2-c2ccccc2)C(c2ccc(F)c(F)c2)C1. The van der Waals surface area contributed by atoms with Crippen LogP contribution in [0.1, 0.15) is 11.5 Å². The van der Waals surface area contributed by atoms with Crippen LogP contribution in [0.5, 0.6) is 0 Å². The Balaban J connectivity index is 1.41. The van der Waals surface area contributed by atoms with Gasteiger partial charge in [-0.25, -0.2) is 18.3 Å². The first-order valence-electron chi connectivity index (χ1n) is 13.5. The lowest BCUT2D eigenvalue weighted by Gasteiger charge is -2.21. The van der Waals surface area contributed by atoms with E-state index >= 15 is 0 Å². The molecule has 42 heavy (non-hydrogen) atoms. The van der Waals surface area contributed by atoms with Crippen LogP contribution in [-0.4, -0.2) is 83.6 Å². The van der Waals surface area contributed by atoms with E-state index in [4.69, 9.17) is 26.2 Å². The van der Waals surface area contributed by atoms with Crippen molar-refractivity contribution in [2.45, 2.75) is 18.5 Å². The van der Waals surface area contributed by atoms with Crippen LogP contribution in [0.25, 0.3) is 16.9 Å². The molecular weight excluding hydrogens is 568 g/mol. The number of hydrogen-bond donors (Lipinski definition) is 2. The van der Waals surface area contributed by atoms with Gasteiger partial charge >= 0.3 is 6.03 Å². The minimum Gasteiger partial charge on any atom is -0.383 e. The number of methoxy groups -OCH3 is 2. The monoisotopic (exact) mass is 599 g/mol. The van der Waals surface area contributed by atoms with Gasteiger partial charge in [0.15, 0.2) is 17.5 Å². The highest BCUT2D eigenvalue weighted by atomic mass is 35.5. The lowest BCUT2D eigenvalue weighted by Crippen LogP contribution is -2.42. The number of nitrogens with zero attached hydrogens (tertiary/aromatic N) is 5. The van der Waals surface area contributed by atoms with Gasteiger partial charge < -0.3 is 14.8 Å². The molecule has 0 bridgehead atoms. The first kappa shape index (κ1) is 29.6. The van der Waals surface area contributed by atoms with Crippen LogP contribution in [0.3, 0.4) is 0 Å². The number of anilines is 1. The normalized spacial score (nSPS) is 17.1. The van der Waals surface area contributed by atoms with Gasteiger partial charge in [0.2, 0.25) is 0 Å². The second-order valence-corrected chi connectivity index (χ2v) is 10.4. The molecule has 1 saturated heterocycles. The fourth-order valence-electron chi connectivity index (χ4n) is 5.07. The van der Waals surface area contributed by atoms with E-state index < -0.39 is 23.7 Å². The molecule has 10 nitrogen and oxygen atoms in total. The Morgan fingerprint density at radius 2 is 1.81 bits per heavy atom. The predicted molar refractivity (Wildman–Crippen MR) is 155 cm³/mol. The minimum atomic E-state index is -0.928. The molecule has 2 amide bonds. The van der Waals surface area contributed by atoms with Crippen molar-refractivity contribution in [3.63, 3.8) is 0 Å². The van der Waals surface area contributed by atoms with Gasteiger partial charge in [-0.15, -0.1) is 0 Å². The summed E-state index contributed by atoms with van der Waals surface area (Å²) in [6.45, 7) is 3.22. The third kappa shape index (κ3) is 6.62. The lowest BCUT2D eigenvalue weighted by molar-refractivity contribution is 0.159. The standard InChI is InChI=1S/C29H32ClF2N7O3/c1-41-12-10-37-17-22(19-8-9-23(31)24(32)14-19)25(18-37)34-29(40)35-28-26(30)27(20-15-33-38(16-20)11-13-42-2)36-39(28)21-6-4-3-5-7-21/h3-9,14-16,22,25H,10-13,17-18H2,1-2H3,(H2,34,35,40). The van der Waals surface area contributed by atoms with E-state index in [0.29, 0.717) is 61.9 Å². The zero-order chi connectivity index (χ0) is 29.6. The molecule has 1 aliphatic heterocycles. The summed E-state index contributed by atoms with van der Waals surface area (Å²) in [6.07, 6.45) is 3.47. The first-order valence-corrected chi connectivity index (χ1v) is 13.8. The van der Waals surface area contributed by atoms with E-state index in [2.05, 4.69) is 20.6 Å². The number of ether oxygens (including phenoxy) is 2. The Labute approximate surface area is 247 Å². The zero-order valence-electron chi connectivity index (χ0n) is 23.3. The number of hydrogen-bond acceptors (Lipinski definition) is 6. The fourth-order valence-corrected chi connectivity index (χ4v) is 5.34. The van der Waals surface area contributed by atoms with Crippen LogP contribution in [0, 0.1) is 11.6 Å². The van der Waals surface area contributed by atoms with Crippen molar-refractivity contribution in [1.29, 1.82) is 0 Å². The highest BCUT2D eigenvalue weighted by Gasteiger charge is 2.35. The number of benzene rings is 2. The van der Waals surface area contributed by atoms with Crippen molar-refractivity contribution < 1.29 is 23.0 Å². The van der Waals surface area contributed by atoms with Gasteiger partial charge in [-0.1, -0.05) is 35.9 Å². The maximum absolute atomic E-state index is 14.1. The van der Waals surface area contributed by atoms with Gasteiger partial charge in [-0.3, -0.25) is 14.9 Å². The number of carbonyl (C=O) groups excluding carboxylic acids is 1. The van der Waals surface area contributed by atoms with Crippen LogP contribution in [0.15, 0.2) is 60.9 Å². The Kier molecular flexibility index (Phi) is 9.48. The van der Waals surface area contributed by atoms with Gasteiger partial charge in [0.25, 0.3) is 0 Å². The third-order valence-corrected chi connectivity index (χ3v) is 7.54. The summed E-state index contributed by atoms with van der Waals surface area (Å²) in [5, 5.41) is 15.2. The lowest BCUT2D eigenvalue weighted by atomic mass is 9.94. The summed E-state index contributed by atoms with van der Waals surface area (Å²) in [6, 6.07) is 12.2. The molecular formula is C29H32ClF2N7O3. The molecule has 5 rings (SSSR count). The van der Waals surface area contributed by atoms with Crippen molar-refractivity contribution >= 4 is 23.4 Å². The van der Waals surface area contributed by atoms with Gasteiger partial charge in [0, 0.05) is 51.5 Å². The Hall–Kier alpha value is -3.84. The van der Waals surface area contributed by atoms with Crippen molar-refractivity contribution in [3.05, 3.63) is 83.1 Å². The quantitative estimate of drug-likeness (QED) is 0.263. The highest BCUT2D eigenvalue weighted by Crippen LogP contribution is 2.35. The van der Waals surface area contributed by atoms with Crippen LogP contribution in [0.4, 0.5) is 19.4 Å². The molecule has 13 heteroatoms. The summed E-state index contributed by atoms with van der Waals surface area (Å²) >= 11 is 6.84. The van der Waals surface area contributed by atoms with E-state index in [-0.39, 0.29) is 16.8 Å². The van der Waals surface area contributed by atoms with E-state index in [9.17, 15) is 13.6 Å². The van der Waals surface area contributed by atoms with Crippen LogP contribution >= 0.6 is 11.6 Å². The van der Waals surface area contributed by atoms with Gasteiger partial charge in [0.05, 0.1) is 37.7 Å². The Morgan fingerprint density at radius 1 is 1.05 bits per heavy atom. The van der Waals surface area contributed by atoms with Crippen LogP contribution in [-0.2, 0) is 16.0 Å². The smallest absolute Gasteiger partial charge is 0.320 e. The van der Waals surface area contributed by atoms with E-state index in [0.717, 1.165) is 6.07 Å².